The van der Waals surface area contributed by atoms with Crippen molar-refractivity contribution in [3.8, 4) is 11.1 Å². The van der Waals surface area contributed by atoms with Crippen LogP contribution in [-0.4, -0.2) is 60.5 Å². The Bertz CT molecular complexity index is 1260. The molecule has 1 aromatic carbocycles. The minimum absolute atomic E-state index is 0.0280. The van der Waals surface area contributed by atoms with Gasteiger partial charge in [0.1, 0.15) is 17.4 Å². The van der Waals surface area contributed by atoms with E-state index in [2.05, 4.69) is 0 Å². The Morgan fingerprint density at radius 3 is 2.49 bits per heavy atom. The summed E-state index contributed by atoms with van der Waals surface area (Å²) in [6.07, 6.45) is 1.82. The number of hydrogen-bond donors (Lipinski definition) is 2. The summed E-state index contributed by atoms with van der Waals surface area (Å²) >= 11 is 0. The van der Waals surface area contributed by atoms with E-state index in [-0.39, 0.29) is 43.5 Å². The highest BCUT2D eigenvalue weighted by molar-refractivity contribution is 7.92. The van der Waals surface area contributed by atoms with Crippen molar-refractivity contribution in [1.82, 2.24) is 4.98 Å². The number of aliphatic hydroxyl groups excluding tert-OH is 2. The Kier molecular flexibility index (Phi) is 9.22. The molecule has 2 aromatic rings. The van der Waals surface area contributed by atoms with Crippen LogP contribution in [0.15, 0.2) is 30.3 Å². The first-order valence-corrected chi connectivity index (χ1v) is 14.1. The van der Waals surface area contributed by atoms with Crippen molar-refractivity contribution in [2.24, 2.45) is 0 Å². The Morgan fingerprint density at radius 1 is 1.27 bits per heavy atom. The maximum atomic E-state index is 13.8. The van der Waals surface area contributed by atoms with E-state index < -0.39 is 34.2 Å². The molecule has 37 heavy (non-hydrogen) atoms. The number of nitrogens with zero attached hydrogens (tertiary/aromatic N) is 2. The maximum Gasteiger partial charge on any atom is 0.233 e. The molecule has 0 radical (unpaired) electrons. The third-order valence-corrected chi connectivity index (χ3v) is 7.24. The lowest BCUT2D eigenvalue weighted by atomic mass is 9.90. The third-order valence-electron chi connectivity index (χ3n) is 6.12. The average Bonchev–Trinajstić information content (AvgIpc) is 2.95. The number of halogens is 1. The zero-order chi connectivity index (χ0) is 27.5. The molecule has 202 valence electrons. The number of ketones is 1. The van der Waals surface area contributed by atoms with Gasteiger partial charge >= 0.3 is 0 Å². The molecule has 0 fully saturated rings. The summed E-state index contributed by atoms with van der Waals surface area (Å²) in [5.41, 5.74) is 3.03. The van der Waals surface area contributed by atoms with E-state index in [0.29, 0.717) is 27.9 Å². The van der Waals surface area contributed by atoms with Gasteiger partial charge in [-0.1, -0.05) is 38.1 Å². The molecule has 3 rings (SSSR count). The second-order valence-corrected chi connectivity index (χ2v) is 11.8. The predicted octanol–water partition coefficient (Wildman–Crippen LogP) is 3.80. The summed E-state index contributed by atoms with van der Waals surface area (Å²) in [6.45, 7) is 7.19. The molecular weight excluding hydrogens is 499 g/mol. The van der Waals surface area contributed by atoms with Crippen molar-refractivity contribution in [3.63, 3.8) is 0 Å². The first kappa shape index (κ1) is 28.9. The van der Waals surface area contributed by atoms with E-state index in [9.17, 15) is 27.8 Å². The molecule has 1 aliphatic heterocycles. The fourth-order valence-corrected chi connectivity index (χ4v) is 5.36. The van der Waals surface area contributed by atoms with Crippen LogP contribution in [0.1, 0.15) is 63.3 Å². The highest BCUT2D eigenvalue weighted by atomic mass is 32.2. The van der Waals surface area contributed by atoms with Gasteiger partial charge in [0.15, 0.2) is 0 Å². The Labute approximate surface area is 217 Å². The molecule has 0 spiro atoms. The standard InChI is InChI=1S/C27H35FN2O6S/c1-16(2)26-23(11-10-21(32)13-22(33)12-17(3)31)25(19-6-8-20(28)9-7-19)24-15-36-18(4)14-30(27(24)29-26)37(5,34)35/h6-11,16,18,21-22,32-33H,12-15H2,1-5H3/b11-10+/t18-,21-,22+/m1/s1. The number of sulfonamides is 1. The second kappa shape index (κ2) is 11.8. The number of rotatable bonds is 9. The van der Waals surface area contributed by atoms with Gasteiger partial charge in [-0.05, 0) is 43.0 Å². The van der Waals surface area contributed by atoms with Gasteiger partial charge in [0.2, 0.25) is 10.0 Å². The maximum absolute atomic E-state index is 13.8. The van der Waals surface area contributed by atoms with E-state index in [4.69, 9.17) is 9.72 Å². The summed E-state index contributed by atoms with van der Waals surface area (Å²) in [5.74, 6) is -0.455. The molecular formula is C27H35FN2O6S. The number of anilines is 1. The number of hydrogen-bond acceptors (Lipinski definition) is 7. The van der Waals surface area contributed by atoms with E-state index in [1.54, 1.807) is 25.1 Å². The van der Waals surface area contributed by atoms with Gasteiger partial charge in [-0.2, -0.15) is 0 Å². The number of pyridine rings is 1. The van der Waals surface area contributed by atoms with Crippen molar-refractivity contribution in [2.45, 2.75) is 71.4 Å². The highest BCUT2D eigenvalue weighted by Gasteiger charge is 2.32. The summed E-state index contributed by atoms with van der Waals surface area (Å²) in [6, 6.07) is 5.87. The minimum Gasteiger partial charge on any atom is -0.393 e. The average molecular weight is 535 g/mol. The summed E-state index contributed by atoms with van der Waals surface area (Å²) < 4.78 is 46.6. The normalized spacial score (nSPS) is 18.1. The molecule has 2 N–H and O–H groups in total. The van der Waals surface area contributed by atoms with Crippen LogP contribution in [0, 0.1) is 5.82 Å². The van der Waals surface area contributed by atoms with Gasteiger partial charge in [-0.15, -0.1) is 0 Å². The van der Waals surface area contributed by atoms with Crippen LogP contribution < -0.4 is 4.31 Å². The molecule has 0 bridgehead atoms. The first-order chi connectivity index (χ1) is 17.3. The molecule has 0 saturated heterocycles. The zero-order valence-electron chi connectivity index (χ0n) is 21.8. The van der Waals surface area contributed by atoms with Gasteiger partial charge in [-0.25, -0.2) is 17.8 Å². The molecule has 0 amide bonds. The predicted molar refractivity (Wildman–Crippen MR) is 141 cm³/mol. The van der Waals surface area contributed by atoms with Gasteiger partial charge in [0.25, 0.3) is 0 Å². The topological polar surface area (TPSA) is 117 Å². The van der Waals surface area contributed by atoms with E-state index in [1.807, 2.05) is 13.8 Å². The fraction of sp³-hybridized carbons (Fsp3) is 0.481. The van der Waals surface area contributed by atoms with Crippen LogP contribution >= 0.6 is 0 Å². The van der Waals surface area contributed by atoms with E-state index in [1.165, 1.54) is 29.4 Å². The molecule has 0 saturated carbocycles. The smallest absolute Gasteiger partial charge is 0.233 e. The highest BCUT2D eigenvalue weighted by Crippen LogP contribution is 2.40. The Hall–Kier alpha value is -2.66. The molecule has 0 unspecified atom stereocenters. The summed E-state index contributed by atoms with van der Waals surface area (Å²) in [7, 11) is -3.69. The Balaban J connectivity index is 2.26. The molecule has 10 heteroatoms. The largest absolute Gasteiger partial charge is 0.393 e. The number of carbonyl (C=O) groups is 1. The fourth-order valence-electron chi connectivity index (χ4n) is 4.41. The van der Waals surface area contributed by atoms with Gasteiger partial charge in [-0.3, -0.25) is 9.10 Å². The quantitative estimate of drug-likeness (QED) is 0.503. The van der Waals surface area contributed by atoms with Crippen LogP contribution in [0.4, 0.5) is 10.2 Å². The lowest BCUT2D eigenvalue weighted by Gasteiger charge is -2.26. The second-order valence-electron chi connectivity index (χ2n) is 9.89. The number of fused-ring (bicyclic) bond motifs is 1. The van der Waals surface area contributed by atoms with Crippen molar-refractivity contribution in [3.05, 3.63) is 53.0 Å². The molecule has 8 nitrogen and oxygen atoms in total. The van der Waals surface area contributed by atoms with Crippen molar-refractivity contribution < 1.29 is 32.6 Å². The van der Waals surface area contributed by atoms with Gasteiger partial charge in [0, 0.05) is 24.0 Å². The van der Waals surface area contributed by atoms with Crippen LogP contribution in [-0.2, 0) is 26.2 Å². The van der Waals surface area contributed by atoms with E-state index in [0.717, 1.165) is 6.26 Å². The number of carbonyl (C=O) groups excluding carboxylic acids is 1. The zero-order valence-corrected chi connectivity index (χ0v) is 22.6. The van der Waals surface area contributed by atoms with Crippen LogP contribution in [0.25, 0.3) is 17.2 Å². The summed E-state index contributed by atoms with van der Waals surface area (Å²) in [4.78, 5) is 16.1. The number of benzene rings is 1. The number of aromatic nitrogens is 1. The molecule has 2 heterocycles. The Morgan fingerprint density at radius 2 is 1.92 bits per heavy atom. The number of Topliss-reactive ketones (excluding diaryl/α,β-unsaturated/α-hetero) is 1. The molecule has 1 aliphatic rings. The minimum atomic E-state index is -3.69. The first-order valence-electron chi connectivity index (χ1n) is 12.2. The number of ether oxygens (including phenoxy) is 1. The van der Waals surface area contributed by atoms with Crippen LogP contribution in [0.3, 0.4) is 0 Å². The lowest BCUT2D eigenvalue weighted by Crippen LogP contribution is -2.36. The SMILES string of the molecule is CC(=O)C[C@H](O)C[C@H](O)/C=C/c1c(C(C)C)nc2c(c1-c1ccc(F)cc1)CO[C@H](C)CN2S(C)(=O)=O. The molecule has 1 aromatic heterocycles. The lowest BCUT2D eigenvalue weighted by molar-refractivity contribution is -0.119. The number of aliphatic hydroxyl groups is 2. The third kappa shape index (κ3) is 7.22. The van der Waals surface area contributed by atoms with Crippen molar-refractivity contribution >= 4 is 27.7 Å². The van der Waals surface area contributed by atoms with Crippen LogP contribution in [0.5, 0.6) is 0 Å². The monoisotopic (exact) mass is 534 g/mol. The van der Waals surface area contributed by atoms with E-state index >= 15 is 0 Å². The van der Waals surface area contributed by atoms with Crippen LogP contribution in [0.2, 0.25) is 0 Å². The van der Waals surface area contributed by atoms with Gasteiger partial charge in [0.05, 0.1) is 43.4 Å². The van der Waals surface area contributed by atoms with Crippen molar-refractivity contribution in [1.29, 1.82) is 0 Å². The van der Waals surface area contributed by atoms with Crippen molar-refractivity contribution in [2.75, 3.05) is 17.1 Å². The van der Waals surface area contributed by atoms with Gasteiger partial charge < -0.3 is 14.9 Å². The molecule has 3 atom stereocenters. The molecule has 0 aliphatic carbocycles. The summed E-state index contributed by atoms with van der Waals surface area (Å²) in [5, 5.41) is 20.6.